The number of guanidine groups is 2. The molecule has 0 aromatic heterocycles. The molecule has 59 heavy (non-hydrogen) atoms. The summed E-state index contributed by atoms with van der Waals surface area (Å²) >= 11 is 0. The normalized spacial score (nSPS) is 22.6. The van der Waals surface area contributed by atoms with Crippen molar-refractivity contribution in [3.8, 4) is 0 Å². The van der Waals surface area contributed by atoms with Crippen molar-refractivity contribution >= 4 is 52.9 Å². The SMILES string of the molecule is CC(C)(C)OC(=O)N=C1N(C(=O)OC(C)(C)C)[C@@H](CO[Si](C)(C)C(C)(C)C)[C@@H]2N=C(NC(=O)OC(C)(C)C)N(C(=O)OC(C)(C)C)[C@@]23C(O[Si](C)(C)C(C)(C)C)=CCN13. The van der Waals surface area contributed by atoms with Crippen molar-refractivity contribution in [2.24, 2.45) is 9.98 Å². The van der Waals surface area contributed by atoms with Crippen LogP contribution < -0.4 is 5.32 Å². The van der Waals surface area contributed by atoms with Crippen LogP contribution in [0.5, 0.6) is 0 Å². The maximum Gasteiger partial charge on any atom is 0.437 e. The van der Waals surface area contributed by atoms with Gasteiger partial charge in [0.25, 0.3) is 0 Å². The van der Waals surface area contributed by atoms with E-state index >= 15 is 0 Å². The third kappa shape index (κ3) is 11.4. The summed E-state index contributed by atoms with van der Waals surface area (Å²) in [7, 11) is -5.35. The molecule has 0 radical (unpaired) electrons. The van der Waals surface area contributed by atoms with Crippen LogP contribution in [0.25, 0.3) is 0 Å². The number of nitrogens with one attached hydrogen (secondary N) is 1. The molecular weight excluding hydrogens is 793 g/mol. The molecule has 3 aliphatic heterocycles. The fraction of sp³-hybridized carbons (Fsp3) is 0.805. The van der Waals surface area contributed by atoms with E-state index in [2.05, 4.69) is 78.0 Å². The number of carbonyl (C=O) groups is 4. The molecule has 1 spiro atoms. The highest BCUT2D eigenvalue weighted by Gasteiger charge is 2.72. The highest BCUT2D eigenvalue weighted by Crippen LogP contribution is 2.52. The molecule has 3 rings (SSSR count). The molecule has 1 saturated heterocycles. The molecule has 0 saturated carbocycles. The van der Waals surface area contributed by atoms with Crippen LogP contribution in [0.3, 0.4) is 0 Å². The molecule has 3 atom stereocenters. The number of nitrogens with zero attached hydrogens (tertiary/aromatic N) is 5. The number of amides is 4. The maximum absolute atomic E-state index is 15.0. The number of hydrogen-bond acceptors (Lipinski definition) is 11. The Morgan fingerprint density at radius 2 is 1.20 bits per heavy atom. The molecule has 3 heterocycles. The van der Waals surface area contributed by atoms with Crippen molar-refractivity contribution in [3.05, 3.63) is 11.8 Å². The van der Waals surface area contributed by atoms with Gasteiger partial charge in [-0.3, -0.25) is 5.32 Å². The summed E-state index contributed by atoms with van der Waals surface area (Å²) < 4.78 is 37.7. The van der Waals surface area contributed by atoms with Gasteiger partial charge in [-0.05, 0) is 125 Å². The first-order valence-corrected chi connectivity index (χ1v) is 26.2. The van der Waals surface area contributed by atoms with Crippen molar-refractivity contribution in [2.75, 3.05) is 13.2 Å². The van der Waals surface area contributed by atoms with Crippen LogP contribution in [0.4, 0.5) is 19.2 Å². The van der Waals surface area contributed by atoms with Gasteiger partial charge in [-0.25, -0.2) is 34.0 Å². The van der Waals surface area contributed by atoms with Gasteiger partial charge >= 0.3 is 24.4 Å². The number of hydrogen-bond donors (Lipinski definition) is 1. The summed E-state index contributed by atoms with van der Waals surface area (Å²) in [5.74, 6) is -0.112. The van der Waals surface area contributed by atoms with E-state index in [1.807, 2.05) is 0 Å². The van der Waals surface area contributed by atoms with Gasteiger partial charge in [0.1, 0.15) is 34.2 Å². The zero-order chi connectivity index (χ0) is 45.9. The fourth-order valence-corrected chi connectivity index (χ4v) is 8.07. The molecule has 336 valence electrons. The molecule has 0 bridgehead atoms. The molecule has 4 amide bonds. The van der Waals surface area contributed by atoms with Crippen molar-refractivity contribution in [3.63, 3.8) is 0 Å². The molecule has 3 aliphatic rings. The van der Waals surface area contributed by atoms with Crippen molar-refractivity contribution in [1.29, 1.82) is 0 Å². The summed E-state index contributed by atoms with van der Waals surface area (Å²) in [5, 5.41) is 2.15. The number of carbonyl (C=O) groups excluding carboxylic acids is 4. The molecule has 0 aromatic carbocycles. The second-order valence-electron chi connectivity index (χ2n) is 22.5. The first kappa shape index (κ1) is 49.7. The Morgan fingerprint density at radius 3 is 1.66 bits per heavy atom. The third-order valence-electron chi connectivity index (χ3n) is 10.6. The second kappa shape index (κ2) is 16.0. The summed E-state index contributed by atoms with van der Waals surface area (Å²) in [6.45, 7) is 41.3. The lowest BCUT2D eigenvalue weighted by Gasteiger charge is -2.56. The monoisotopic (exact) mass is 867 g/mol. The van der Waals surface area contributed by atoms with Crippen LogP contribution in [0.15, 0.2) is 21.8 Å². The van der Waals surface area contributed by atoms with Crippen LogP contribution in [-0.4, -0.2) is 121 Å². The van der Waals surface area contributed by atoms with E-state index in [9.17, 15) is 19.2 Å². The highest BCUT2D eigenvalue weighted by atomic mass is 28.4. The van der Waals surface area contributed by atoms with Gasteiger partial charge in [0.2, 0.25) is 25.9 Å². The number of aliphatic imine (C=N–C) groups is 2. The number of alkyl carbamates (subject to hydrolysis) is 1. The van der Waals surface area contributed by atoms with Gasteiger partial charge in [0.15, 0.2) is 8.32 Å². The molecule has 0 aliphatic carbocycles. The summed E-state index contributed by atoms with van der Waals surface area (Å²) in [6, 6.07) is -2.28. The topological polar surface area (TPSA) is 170 Å². The molecule has 1 fully saturated rings. The zero-order valence-corrected chi connectivity index (χ0v) is 42.0. The second-order valence-corrected chi connectivity index (χ2v) is 32.0. The Labute approximate surface area is 355 Å². The Bertz CT molecular complexity index is 1740. The van der Waals surface area contributed by atoms with Gasteiger partial charge in [-0.2, -0.15) is 0 Å². The molecule has 1 N–H and O–H groups in total. The van der Waals surface area contributed by atoms with E-state index in [-0.39, 0.29) is 35.1 Å². The molecular formula is C41H74N6O10Si2. The zero-order valence-electron chi connectivity index (χ0n) is 40.0. The summed E-state index contributed by atoms with van der Waals surface area (Å²) in [4.78, 5) is 71.1. The smallest absolute Gasteiger partial charge is 0.437 e. The number of ether oxygens (including phenoxy) is 4. The van der Waals surface area contributed by atoms with Crippen molar-refractivity contribution < 1.29 is 47.0 Å². The standard InChI is InChI=1S/C41H74N6O10Si2/c1-35(2,3)53-31(48)43-29-42-28-26(25-52-58(19,20)39(13,14)15)46(33(50)55-37(7,8)9)30(44-32(49)54-36(4,5)6)45-24-23-27(57-59(21,22)40(16,17)18)41(28,45)47(29)34(51)56-38(10,11)12/h23,26,28H,24-25H2,1-22H3,(H,42,43,48)/t26-,28-,41-/m0/s1. The molecule has 0 aromatic rings. The highest BCUT2D eigenvalue weighted by molar-refractivity contribution is 6.74. The Morgan fingerprint density at radius 1 is 0.729 bits per heavy atom. The number of rotatable bonds is 5. The third-order valence-corrected chi connectivity index (χ3v) is 19.4. The minimum Gasteiger partial charge on any atom is -0.544 e. The predicted molar refractivity (Wildman–Crippen MR) is 233 cm³/mol. The summed E-state index contributed by atoms with van der Waals surface area (Å²) in [5.41, 5.74) is -5.70. The Balaban J connectivity index is 2.60. The maximum atomic E-state index is 15.0. The average molecular weight is 867 g/mol. The first-order chi connectivity index (χ1) is 26.1. The largest absolute Gasteiger partial charge is 0.544 e. The fourth-order valence-electron chi connectivity index (χ4n) is 5.96. The Hall–Kier alpha value is -3.65. The van der Waals surface area contributed by atoms with E-state index in [4.69, 9.17) is 32.8 Å². The van der Waals surface area contributed by atoms with Gasteiger partial charge in [0, 0.05) is 6.54 Å². The summed E-state index contributed by atoms with van der Waals surface area (Å²) in [6.07, 6.45) is -1.82. The molecule has 0 unspecified atom stereocenters. The lowest BCUT2D eigenvalue weighted by molar-refractivity contribution is -0.0445. The molecule has 16 nitrogen and oxygen atoms in total. The van der Waals surface area contributed by atoms with Gasteiger partial charge in [0.05, 0.1) is 12.6 Å². The van der Waals surface area contributed by atoms with Crippen LogP contribution in [-0.2, 0) is 27.8 Å². The van der Waals surface area contributed by atoms with Crippen LogP contribution >= 0.6 is 0 Å². The van der Waals surface area contributed by atoms with E-state index < -0.39 is 81.2 Å². The van der Waals surface area contributed by atoms with E-state index in [0.717, 1.165) is 0 Å². The van der Waals surface area contributed by atoms with E-state index in [1.165, 1.54) is 9.80 Å². The van der Waals surface area contributed by atoms with Crippen LogP contribution in [0, 0.1) is 0 Å². The van der Waals surface area contributed by atoms with Gasteiger partial charge < -0.3 is 32.7 Å². The van der Waals surface area contributed by atoms with E-state index in [0.29, 0.717) is 5.76 Å². The van der Waals surface area contributed by atoms with Crippen LogP contribution in [0.1, 0.15) is 125 Å². The van der Waals surface area contributed by atoms with Gasteiger partial charge in [-0.1, -0.05) is 41.5 Å². The average Bonchev–Trinajstić information content (AvgIpc) is 3.47. The lowest BCUT2D eigenvalue weighted by Crippen LogP contribution is -2.78. The molecule has 18 heteroatoms. The van der Waals surface area contributed by atoms with Crippen LogP contribution in [0.2, 0.25) is 36.3 Å². The van der Waals surface area contributed by atoms with E-state index in [1.54, 1.807) is 94.1 Å². The van der Waals surface area contributed by atoms with Crippen molar-refractivity contribution in [2.45, 2.75) is 201 Å². The first-order valence-electron chi connectivity index (χ1n) is 20.4. The van der Waals surface area contributed by atoms with Crippen molar-refractivity contribution in [1.82, 2.24) is 20.0 Å². The Kier molecular flexibility index (Phi) is 13.5. The minimum absolute atomic E-state index is 0.0221. The predicted octanol–water partition coefficient (Wildman–Crippen LogP) is 9.34. The lowest BCUT2D eigenvalue weighted by atomic mass is 9.88. The quantitative estimate of drug-likeness (QED) is 0.206. The minimum atomic E-state index is -2.76. The van der Waals surface area contributed by atoms with Gasteiger partial charge in [-0.15, -0.1) is 4.99 Å².